The van der Waals surface area contributed by atoms with Gasteiger partial charge in [0.2, 0.25) is 0 Å². The third-order valence-electron chi connectivity index (χ3n) is 3.53. The molecule has 0 bridgehead atoms. The first-order chi connectivity index (χ1) is 8.36. The van der Waals surface area contributed by atoms with Gasteiger partial charge in [0, 0.05) is 50.3 Å². The number of hydrogen-bond acceptors (Lipinski definition) is 7. The number of rotatable bonds is 4. The summed E-state index contributed by atoms with van der Waals surface area (Å²) in [6, 6.07) is 0.888. The van der Waals surface area contributed by atoms with Gasteiger partial charge in [-0.2, -0.15) is 0 Å². The molecule has 1 aliphatic heterocycles. The van der Waals surface area contributed by atoms with Crippen LogP contribution in [-0.4, -0.2) is 51.6 Å². The van der Waals surface area contributed by atoms with E-state index < -0.39 is 0 Å². The number of piperazine rings is 1. The molecule has 1 aliphatic carbocycles. The Bertz CT molecular complexity index is 369. The number of nitrogens with one attached hydrogen (secondary N) is 1. The third-order valence-corrected chi connectivity index (χ3v) is 4.23. The number of anilines is 1. The topological polar surface area (TPSA) is 70.3 Å². The Hall–Kier alpha value is -0.760. The number of hydrogen-bond donors (Lipinski definition) is 2. The molecule has 1 saturated heterocycles. The highest BCUT2D eigenvalue weighted by molar-refractivity contribution is 7.10. The molecule has 3 rings (SSSR count). The van der Waals surface area contributed by atoms with Crippen LogP contribution in [0.1, 0.15) is 18.5 Å². The molecule has 7 heteroatoms. The van der Waals surface area contributed by atoms with Gasteiger partial charge < -0.3 is 5.43 Å². The lowest BCUT2D eigenvalue weighted by Crippen LogP contribution is -2.46. The largest absolute Gasteiger partial charge is 0.313 e. The van der Waals surface area contributed by atoms with Crippen LogP contribution in [0.4, 0.5) is 5.00 Å². The molecule has 2 aliphatic rings. The van der Waals surface area contributed by atoms with Crippen molar-refractivity contribution < 1.29 is 0 Å². The average Bonchev–Trinajstić information content (AvgIpc) is 3.11. The molecule has 17 heavy (non-hydrogen) atoms. The zero-order valence-corrected chi connectivity index (χ0v) is 10.6. The number of aromatic nitrogens is 2. The smallest absolute Gasteiger partial charge is 0.148 e. The Morgan fingerprint density at radius 3 is 2.71 bits per heavy atom. The van der Waals surface area contributed by atoms with Crippen molar-refractivity contribution in [2.45, 2.75) is 25.4 Å². The van der Waals surface area contributed by atoms with E-state index in [0.717, 1.165) is 36.4 Å². The van der Waals surface area contributed by atoms with Crippen molar-refractivity contribution in [3.05, 3.63) is 5.69 Å². The summed E-state index contributed by atoms with van der Waals surface area (Å²) < 4.78 is 3.92. The van der Waals surface area contributed by atoms with Crippen LogP contribution in [-0.2, 0) is 6.54 Å². The van der Waals surface area contributed by atoms with Crippen LogP contribution in [0.25, 0.3) is 0 Å². The predicted octanol–water partition coefficient (Wildman–Crippen LogP) is 0.104. The fraction of sp³-hybridized carbons (Fsp3) is 0.800. The van der Waals surface area contributed by atoms with Crippen molar-refractivity contribution in [1.29, 1.82) is 0 Å². The highest BCUT2D eigenvalue weighted by Gasteiger charge is 2.31. The normalized spacial score (nSPS) is 22.9. The molecule has 0 amide bonds. The molecule has 0 radical (unpaired) electrons. The van der Waals surface area contributed by atoms with Crippen molar-refractivity contribution in [2.24, 2.45) is 5.84 Å². The first-order valence-corrected chi connectivity index (χ1v) is 6.88. The van der Waals surface area contributed by atoms with Gasteiger partial charge >= 0.3 is 0 Å². The van der Waals surface area contributed by atoms with Crippen molar-refractivity contribution >= 4 is 16.5 Å². The molecule has 1 aromatic rings. The second-order valence-electron chi connectivity index (χ2n) is 4.74. The highest BCUT2D eigenvalue weighted by atomic mass is 32.1. The molecule has 1 aromatic heterocycles. The second-order valence-corrected chi connectivity index (χ2v) is 5.49. The SMILES string of the molecule is NNc1snnc1CN1CCN(C2CC2)CC1. The average molecular weight is 254 g/mol. The summed E-state index contributed by atoms with van der Waals surface area (Å²) >= 11 is 1.32. The van der Waals surface area contributed by atoms with Crippen LogP contribution >= 0.6 is 11.5 Å². The van der Waals surface area contributed by atoms with Crippen LogP contribution in [0.15, 0.2) is 0 Å². The number of nitrogens with two attached hydrogens (primary N) is 1. The minimum Gasteiger partial charge on any atom is -0.313 e. The van der Waals surface area contributed by atoms with E-state index in [1.165, 1.54) is 37.5 Å². The van der Waals surface area contributed by atoms with Gasteiger partial charge in [-0.1, -0.05) is 4.49 Å². The van der Waals surface area contributed by atoms with Crippen molar-refractivity contribution in [3.8, 4) is 0 Å². The maximum Gasteiger partial charge on any atom is 0.148 e. The predicted molar refractivity (Wildman–Crippen MR) is 67.6 cm³/mol. The molecule has 0 unspecified atom stereocenters. The lowest BCUT2D eigenvalue weighted by molar-refractivity contribution is 0.120. The molecule has 0 spiro atoms. The molecular weight excluding hydrogens is 236 g/mol. The molecule has 6 nitrogen and oxygen atoms in total. The van der Waals surface area contributed by atoms with E-state index >= 15 is 0 Å². The lowest BCUT2D eigenvalue weighted by atomic mass is 10.3. The van der Waals surface area contributed by atoms with Gasteiger partial charge in [0.1, 0.15) is 10.7 Å². The minimum absolute atomic E-state index is 0.856. The van der Waals surface area contributed by atoms with Crippen molar-refractivity contribution in [3.63, 3.8) is 0 Å². The molecule has 2 heterocycles. The summed E-state index contributed by atoms with van der Waals surface area (Å²) in [5.74, 6) is 5.42. The Morgan fingerprint density at radius 2 is 2.06 bits per heavy atom. The quantitative estimate of drug-likeness (QED) is 0.587. The zero-order chi connectivity index (χ0) is 11.7. The summed E-state index contributed by atoms with van der Waals surface area (Å²) in [6.45, 7) is 5.48. The van der Waals surface area contributed by atoms with Crippen molar-refractivity contribution in [2.75, 3.05) is 31.6 Å². The van der Waals surface area contributed by atoms with Gasteiger partial charge in [-0.05, 0) is 12.8 Å². The van der Waals surface area contributed by atoms with E-state index in [4.69, 9.17) is 5.84 Å². The van der Waals surface area contributed by atoms with Crippen LogP contribution in [0.3, 0.4) is 0 Å². The Kier molecular flexibility index (Phi) is 3.24. The number of nitrogens with zero attached hydrogens (tertiary/aromatic N) is 4. The van der Waals surface area contributed by atoms with Gasteiger partial charge in [0.15, 0.2) is 0 Å². The lowest BCUT2D eigenvalue weighted by Gasteiger charge is -2.34. The van der Waals surface area contributed by atoms with Gasteiger partial charge in [0.25, 0.3) is 0 Å². The van der Waals surface area contributed by atoms with E-state index in [2.05, 4.69) is 24.8 Å². The standard InChI is InChI=1S/C10H18N6S/c11-12-10-9(13-14-17-10)7-15-3-5-16(6-4-15)8-1-2-8/h8,12H,1-7,11H2. The van der Waals surface area contributed by atoms with E-state index in [0.29, 0.717) is 0 Å². The van der Waals surface area contributed by atoms with Gasteiger partial charge in [-0.25, -0.2) is 5.84 Å². The van der Waals surface area contributed by atoms with E-state index in [-0.39, 0.29) is 0 Å². The number of hydrazine groups is 1. The summed E-state index contributed by atoms with van der Waals surface area (Å²) in [7, 11) is 0. The minimum atomic E-state index is 0.856. The maximum absolute atomic E-state index is 5.42. The molecule has 1 saturated carbocycles. The van der Waals surface area contributed by atoms with Gasteiger partial charge in [0.05, 0.1) is 0 Å². The molecule has 94 valence electrons. The van der Waals surface area contributed by atoms with Crippen molar-refractivity contribution in [1.82, 2.24) is 19.4 Å². The summed E-state index contributed by atoms with van der Waals surface area (Å²) in [4.78, 5) is 5.04. The van der Waals surface area contributed by atoms with Gasteiger partial charge in [-0.3, -0.25) is 9.80 Å². The zero-order valence-electron chi connectivity index (χ0n) is 9.80. The van der Waals surface area contributed by atoms with Gasteiger partial charge in [-0.15, -0.1) is 5.10 Å². The number of nitrogen functional groups attached to an aromatic ring is 1. The summed E-state index contributed by atoms with van der Waals surface area (Å²) in [5, 5.41) is 5.00. The Morgan fingerprint density at radius 1 is 1.29 bits per heavy atom. The molecule has 3 N–H and O–H groups in total. The molecule has 0 atom stereocenters. The van der Waals surface area contributed by atoms with E-state index in [1.54, 1.807) is 0 Å². The maximum atomic E-state index is 5.42. The highest BCUT2D eigenvalue weighted by Crippen LogP contribution is 2.28. The van der Waals surface area contributed by atoms with Crippen LogP contribution < -0.4 is 11.3 Å². The Labute approximate surface area is 105 Å². The Balaban J connectivity index is 1.53. The first kappa shape index (κ1) is 11.3. The first-order valence-electron chi connectivity index (χ1n) is 6.11. The van der Waals surface area contributed by atoms with Crippen LogP contribution in [0.2, 0.25) is 0 Å². The van der Waals surface area contributed by atoms with Crippen LogP contribution in [0, 0.1) is 0 Å². The fourth-order valence-electron chi connectivity index (χ4n) is 2.36. The van der Waals surface area contributed by atoms with Crippen LogP contribution in [0.5, 0.6) is 0 Å². The van der Waals surface area contributed by atoms with E-state index in [1.807, 2.05) is 0 Å². The monoisotopic (exact) mass is 254 g/mol. The molecular formula is C10H18N6S. The van der Waals surface area contributed by atoms with E-state index in [9.17, 15) is 0 Å². The second kappa shape index (κ2) is 4.85. The summed E-state index contributed by atoms with van der Waals surface area (Å²) in [5.41, 5.74) is 3.63. The molecule has 2 fully saturated rings. The fourth-order valence-corrected chi connectivity index (χ4v) is 2.84. The molecule has 0 aromatic carbocycles. The third kappa shape index (κ3) is 2.57. The summed E-state index contributed by atoms with van der Waals surface area (Å²) in [6.07, 6.45) is 2.80.